The van der Waals surface area contributed by atoms with Crippen LogP contribution in [-0.2, 0) is 26.2 Å². The van der Waals surface area contributed by atoms with Crippen LogP contribution in [0.2, 0.25) is 0 Å². The molecule has 0 aliphatic carbocycles. The predicted molar refractivity (Wildman–Crippen MR) is 73.9 cm³/mol. The quantitative estimate of drug-likeness (QED) is 0.883. The average Bonchev–Trinajstić information content (AvgIpc) is 2.88. The molecule has 0 saturated carbocycles. The Balaban J connectivity index is 2.14. The molecule has 108 valence electrons. The molecule has 0 bridgehead atoms. The molecule has 2 rings (SSSR count). The molecule has 1 aromatic heterocycles. The number of ether oxygens (including phenoxy) is 1. The summed E-state index contributed by atoms with van der Waals surface area (Å²) in [7, 11) is 0. The first-order chi connectivity index (χ1) is 9.67. The van der Waals surface area contributed by atoms with Crippen LogP contribution in [0.5, 0.6) is 5.75 Å². The molecule has 0 unspecified atom stereocenters. The van der Waals surface area contributed by atoms with E-state index in [1.807, 2.05) is 17.7 Å². The van der Waals surface area contributed by atoms with Crippen LogP contribution in [0.25, 0.3) is 0 Å². The van der Waals surface area contributed by atoms with Crippen molar-refractivity contribution in [2.75, 3.05) is 0 Å². The van der Waals surface area contributed by atoms with E-state index in [2.05, 4.69) is 12.0 Å². The zero-order chi connectivity index (χ0) is 14.5. The third-order valence-electron chi connectivity index (χ3n) is 3.14. The molecule has 5 heteroatoms. The molecule has 0 atom stereocenters. The van der Waals surface area contributed by atoms with Crippen LogP contribution in [0.1, 0.15) is 30.8 Å². The van der Waals surface area contributed by atoms with Crippen molar-refractivity contribution >= 4 is 0 Å². The van der Waals surface area contributed by atoms with Gasteiger partial charge in [0.15, 0.2) is 0 Å². The zero-order valence-electron chi connectivity index (χ0n) is 11.8. The normalized spacial score (nSPS) is 10.8. The number of aliphatic hydroxyl groups is 1. The first-order valence-electron chi connectivity index (χ1n) is 6.75. The lowest BCUT2D eigenvalue weighted by molar-refractivity contribution is 0.254. The smallest absolute Gasteiger partial charge is 0.130 e. The Hall–Kier alpha value is -1.88. The van der Waals surface area contributed by atoms with E-state index in [1.165, 1.54) is 18.2 Å². The largest absolute Gasteiger partial charge is 0.487 e. The van der Waals surface area contributed by atoms with Crippen molar-refractivity contribution in [3.8, 4) is 5.75 Å². The lowest BCUT2D eigenvalue weighted by Gasteiger charge is -2.11. The molecule has 1 N–H and O–H groups in total. The van der Waals surface area contributed by atoms with Crippen LogP contribution in [0.4, 0.5) is 4.39 Å². The topological polar surface area (TPSA) is 47.3 Å². The highest BCUT2D eigenvalue weighted by Crippen LogP contribution is 2.21. The van der Waals surface area contributed by atoms with Crippen molar-refractivity contribution in [3.63, 3.8) is 0 Å². The highest BCUT2D eigenvalue weighted by molar-refractivity contribution is 5.33. The van der Waals surface area contributed by atoms with E-state index in [9.17, 15) is 9.50 Å². The predicted octanol–water partition coefficient (Wildman–Crippen LogP) is 2.68. The van der Waals surface area contributed by atoms with Crippen molar-refractivity contribution in [1.29, 1.82) is 0 Å². The molecular weight excluding hydrogens is 259 g/mol. The minimum Gasteiger partial charge on any atom is -0.487 e. The fraction of sp³-hybridized carbons (Fsp3) is 0.400. The van der Waals surface area contributed by atoms with Gasteiger partial charge in [0, 0.05) is 12.1 Å². The minimum absolute atomic E-state index is 0.250. The van der Waals surface area contributed by atoms with Gasteiger partial charge in [-0.25, -0.2) is 4.39 Å². The van der Waals surface area contributed by atoms with Crippen LogP contribution in [0, 0.1) is 5.82 Å². The number of nitrogens with zero attached hydrogens (tertiary/aromatic N) is 2. The van der Waals surface area contributed by atoms with E-state index in [0.29, 0.717) is 17.9 Å². The highest BCUT2D eigenvalue weighted by atomic mass is 19.1. The SMILES string of the molecule is CCc1cc(COc2ccc(F)cc2CO)n(CC)n1. The third-order valence-corrected chi connectivity index (χ3v) is 3.14. The average molecular weight is 278 g/mol. The van der Waals surface area contributed by atoms with Gasteiger partial charge in [-0.15, -0.1) is 0 Å². The summed E-state index contributed by atoms with van der Waals surface area (Å²) >= 11 is 0. The fourth-order valence-electron chi connectivity index (χ4n) is 2.04. The third kappa shape index (κ3) is 3.17. The van der Waals surface area contributed by atoms with Crippen molar-refractivity contribution in [3.05, 3.63) is 47.0 Å². The number of rotatable bonds is 6. The van der Waals surface area contributed by atoms with E-state index >= 15 is 0 Å². The number of hydrogen-bond acceptors (Lipinski definition) is 3. The summed E-state index contributed by atoms with van der Waals surface area (Å²) in [5.41, 5.74) is 2.44. The van der Waals surface area contributed by atoms with Crippen molar-refractivity contribution in [2.45, 2.75) is 40.0 Å². The number of benzene rings is 1. The van der Waals surface area contributed by atoms with E-state index in [-0.39, 0.29) is 12.4 Å². The molecule has 0 spiro atoms. The monoisotopic (exact) mass is 278 g/mol. The zero-order valence-corrected chi connectivity index (χ0v) is 11.8. The molecule has 1 aromatic carbocycles. The molecule has 2 aromatic rings. The van der Waals surface area contributed by atoms with Crippen molar-refractivity contribution in [1.82, 2.24) is 9.78 Å². The molecule has 20 heavy (non-hydrogen) atoms. The summed E-state index contributed by atoms with van der Waals surface area (Å²) in [5, 5.41) is 13.7. The summed E-state index contributed by atoms with van der Waals surface area (Å²) in [5.74, 6) is 0.115. The summed E-state index contributed by atoms with van der Waals surface area (Å²) in [6.45, 7) is 4.94. The summed E-state index contributed by atoms with van der Waals surface area (Å²) in [4.78, 5) is 0. The fourth-order valence-corrected chi connectivity index (χ4v) is 2.04. The van der Waals surface area contributed by atoms with Crippen molar-refractivity contribution in [2.24, 2.45) is 0 Å². The Kier molecular flexibility index (Phi) is 4.74. The summed E-state index contributed by atoms with van der Waals surface area (Å²) < 4.78 is 20.7. The number of aromatic nitrogens is 2. The van der Waals surface area contributed by atoms with Gasteiger partial charge in [0.05, 0.1) is 18.0 Å². The molecular formula is C15H19FN2O2. The number of halogens is 1. The van der Waals surface area contributed by atoms with E-state index in [4.69, 9.17) is 4.74 Å². The van der Waals surface area contributed by atoms with Gasteiger partial charge in [-0.1, -0.05) is 6.92 Å². The number of aliphatic hydroxyl groups excluding tert-OH is 1. The second-order valence-electron chi connectivity index (χ2n) is 4.50. The van der Waals surface area contributed by atoms with E-state index < -0.39 is 0 Å². The molecule has 0 aliphatic heterocycles. The molecule has 4 nitrogen and oxygen atoms in total. The molecule has 0 radical (unpaired) electrons. The van der Waals surface area contributed by atoms with Gasteiger partial charge in [-0.05, 0) is 37.6 Å². The standard InChI is InChI=1S/C15H19FN2O2/c1-3-13-8-14(18(4-2)17-13)10-20-15-6-5-12(16)7-11(15)9-19/h5-8,19H,3-4,9-10H2,1-2H3. The maximum Gasteiger partial charge on any atom is 0.130 e. The van der Waals surface area contributed by atoms with Crippen LogP contribution in [-0.4, -0.2) is 14.9 Å². The maximum atomic E-state index is 13.1. The van der Waals surface area contributed by atoms with E-state index in [0.717, 1.165) is 24.4 Å². The lowest BCUT2D eigenvalue weighted by Crippen LogP contribution is -2.07. The van der Waals surface area contributed by atoms with Crippen LogP contribution < -0.4 is 4.74 Å². The van der Waals surface area contributed by atoms with Gasteiger partial charge in [-0.2, -0.15) is 5.10 Å². The Bertz CT molecular complexity index is 581. The summed E-state index contributed by atoms with van der Waals surface area (Å²) in [6.07, 6.45) is 0.873. The Morgan fingerprint density at radius 2 is 2.10 bits per heavy atom. The minimum atomic E-state index is -0.381. The summed E-state index contributed by atoms with van der Waals surface area (Å²) in [6, 6.07) is 6.15. The molecule has 1 heterocycles. The number of hydrogen-bond donors (Lipinski definition) is 1. The molecule has 0 amide bonds. The number of aryl methyl sites for hydroxylation is 2. The highest BCUT2D eigenvalue weighted by Gasteiger charge is 2.09. The molecule has 0 saturated heterocycles. The lowest BCUT2D eigenvalue weighted by atomic mass is 10.2. The Morgan fingerprint density at radius 1 is 1.30 bits per heavy atom. The maximum absolute atomic E-state index is 13.1. The first kappa shape index (κ1) is 14.5. The van der Waals surface area contributed by atoms with E-state index in [1.54, 1.807) is 0 Å². The van der Waals surface area contributed by atoms with Gasteiger partial charge in [0.25, 0.3) is 0 Å². The van der Waals surface area contributed by atoms with Gasteiger partial charge in [0.1, 0.15) is 18.2 Å². The Morgan fingerprint density at radius 3 is 2.75 bits per heavy atom. The molecule has 0 fully saturated rings. The second kappa shape index (κ2) is 6.52. The van der Waals surface area contributed by atoms with Crippen LogP contribution in [0.15, 0.2) is 24.3 Å². The van der Waals surface area contributed by atoms with Crippen LogP contribution in [0.3, 0.4) is 0 Å². The second-order valence-corrected chi connectivity index (χ2v) is 4.50. The Labute approximate surface area is 117 Å². The first-order valence-corrected chi connectivity index (χ1v) is 6.75. The van der Waals surface area contributed by atoms with Gasteiger partial charge in [0.2, 0.25) is 0 Å². The molecule has 0 aliphatic rings. The van der Waals surface area contributed by atoms with Gasteiger partial charge in [-0.3, -0.25) is 4.68 Å². The van der Waals surface area contributed by atoms with Gasteiger partial charge < -0.3 is 9.84 Å². The van der Waals surface area contributed by atoms with Crippen molar-refractivity contribution < 1.29 is 14.2 Å². The van der Waals surface area contributed by atoms with Crippen LogP contribution >= 0.6 is 0 Å². The van der Waals surface area contributed by atoms with Gasteiger partial charge >= 0.3 is 0 Å².